The van der Waals surface area contributed by atoms with Gasteiger partial charge in [-0.1, -0.05) is 31.2 Å². The van der Waals surface area contributed by atoms with E-state index in [-0.39, 0.29) is 24.2 Å². The molecular weight excluding hydrogens is 222 g/mol. The van der Waals surface area contributed by atoms with Gasteiger partial charge in [-0.25, -0.2) is 0 Å². The monoisotopic (exact) mass is 241 g/mol. The minimum atomic E-state index is -0.0579. The van der Waals surface area contributed by atoms with Crippen molar-refractivity contribution in [2.75, 3.05) is 14.1 Å². The molecule has 1 rings (SSSR count). The number of aryl methyl sites for hydroxylation is 1. The van der Waals surface area contributed by atoms with E-state index < -0.39 is 0 Å². The second kappa shape index (κ2) is 6.66. The molecule has 16 heavy (non-hydrogen) atoms. The Morgan fingerprint density at radius 3 is 2.12 bits per heavy atom. The first-order valence-electron chi connectivity index (χ1n) is 5.35. The molecule has 0 spiro atoms. The number of likely N-dealkylation sites (N-methyl/N-ethyl adjacent to an activating group) is 1. The van der Waals surface area contributed by atoms with Crippen LogP contribution in [-0.2, 0) is 6.42 Å². The SMILES string of the molecule is CCc1ccc(C(=O)C(C)N(C)C)cc1.Cl. The molecule has 1 aromatic carbocycles. The normalized spacial score (nSPS) is 12.1. The number of carbonyl (C=O) groups is 1. The predicted molar refractivity (Wildman–Crippen MR) is 70.5 cm³/mol. The zero-order chi connectivity index (χ0) is 11.4. The number of hydrogen-bond acceptors (Lipinski definition) is 2. The fourth-order valence-electron chi connectivity index (χ4n) is 1.38. The zero-order valence-corrected chi connectivity index (χ0v) is 11.2. The van der Waals surface area contributed by atoms with Crippen LogP contribution in [0, 0.1) is 0 Å². The second-order valence-electron chi connectivity index (χ2n) is 4.05. The Bertz CT molecular complexity index is 332. The molecule has 90 valence electrons. The second-order valence-corrected chi connectivity index (χ2v) is 4.05. The van der Waals surface area contributed by atoms with Gasteiger partial charge in [-0.2, -0.15) is 0 Å². The van der Waals surface area contributed by atoms with Gasteiger partial charge in [-0.05, 0) is 33.0 Å². The number of ketones is 1. The molecule has 1 unspecified atom stereocenters. The summed E-state index contributed by atoms with van der Waals surface area (Å²) in [7, 11) is 3.84. The van der Waals surface area contributed by atoms with Crippen molar-refractivity contribution >= 4 is 18.2 Å². The van der Waals surface area contributed by atoms with E-state index >= 15 is 0 Å². The van der Waals surface area contributed by atoms with Gasteiger partial charge in [0, 0.05) is 5.56 Å². The van der Waals surface area contributed by atoms with Crippen LogP contribution >= 0.6 is 12.4 Å². The van der Waals surface area contributed by atoms with Crippen LogP contribution in [0.3, 0.4) is 0 Å². The summed E-state index contributed by atoms with van der Waals surface area (Å²) in [5.74, 6) is 0.183. The average Bonchev–Trinajstić information content (AvgIpc) is 2.27. The van der Waals surface area contributed by atoms with Gasteiger partial charge in [0.1, 0.15) is 0 Å². The van der Waals surface area contributed by atoms with Gasteiger partial charge in [0.05, 0.1) is 6.04 Å². The molecule has 0 aliphatic rings. The summed E-state index contributed by atoms with van der Waals surface area (Å²) in [5.41, 5.74) is 2.07. The summed E-state index contributed by atoms with van der Waals surface area (Å²) >= 11 is 0. The average molecular weight is 242 g/mol. The van der Waals surface area contributed by atoms with Gasteiger partial charge < -0.3 is 0 Å². The van der Waals surface area contributed by atoms with E-state index in [2.05, 4.69) is 6.92 Å². The lowest BCUT2D eigenvalue weighted by Gasteiger charge is -2.18. The molecule has 1 aromatic rings. The summed E-state index contributed by atoms with van der Waals surface area (Å²) in [6.45, 7) is 4.04. The van der Waals surface area contributed by atoms with Crippen molar-refractivity contribution in [1.29, 1.82) is 0 Å². The zero-order valence-electron chi connectivity index (χ0n) is 10.4. The lowest BCUT2D eigenvalue weighted by atomic mass is 10.0. The van der Waals surface area contributed by atoms with Crippen molar-refractivity contribution < 1.29 is 4.79 Å². The van der Waals surface area contributed by atoms with E-state index in [0.717, 1.165) is 12.0 Å². The largest absolute Gasteiger partial charge is 0.300 e. The topological polar surface area (TPSA) is 20.3 Å². The minimum Gasteiger partial charge on any atom is -0.300 e. The van der Waals surface area contributed by atoms with Crippen molar-refractivity contribution in [1.82, 2.24) is 4.90 Å². The van der Waals surface area contributed by atoms with Gasteiger partial charge in [0.25, 0.3) is 0 Å². The fraction of sp³-hybridized carbons (Fsp3) is 0.462. The van der Waals surface area contributed by atoms with Crippen molar-refractivity contribution in [2.45, 2.75) is 26.3 Å². The number of carbonyl (C=O) groups excluding carboxylic acids is 1. The molecule has 1 atom stereocenters. The van der Waals surface area contributed by atoms with Crippen LogP contribution in [0.4, 0.5) is 0 Å². The molecule has 0 heterocycles. The van der Waals surface area contributed by atoms with E-state index in [1.54, 1.807) is 0 Å². The van der Waals surface area contributed by atoms with E-state index in [1.165, 1.54) is 5.56 Å². The Morgan fingerprint density at radius 2 is 1.75 bits per heavy atom. The number of nitrogens with zero attached hydrogens (tertiary/aromatic N) is 1. The molecular formula is C13H20ClNO. The van der Waals surface area contributed by atoms with Gasteiger partial charge in [-0.3, -0.25) is 9.69 Å². The first-order chi connectivity index (χ1) is 7.06. The number of benzene rings is 1. The van der Waals surface area contributed by atoms with E-state index in [1.807, 2.05) is 50.2 Å². The number of Topliss-reactive ketones (excluding diaryl/α,β-unsaturated/α-hetero) is 1. The lowest BCUT2D eigenvalue weighted by molar-refractivity contribution is 0.0890. The van der Waals surface area contributed by atoms with Crippen LogP contribution < -0.4 is 0 Å². The summed E-state index contributed by atoms with van der Waals surface area (Å²) in [5, 5.41) is 0. The smallest absolute Gasteiger partial charge is 0.179 e. The molecule has 3 heteroatoms. The van der Waals surface area contributed by atoms with E-state index in [0.29, 0.717) is 0 Å². The van der Waals surface area contributed by atoms with Gasteiger partial charge in [-0.15, -0.1) is 12.4 Å². The predicted octanol–water partition coefficient (Wildman–Crippen LogP) is 2.80. The molecule has 0 N–H and O–H groups in total. The Hall–Kier alpha value is -0.860. The Morgan fingerprint density at radius 1 is 1.25 bits per heavy atom. The molecule has 0 aliphatic heterocycles. The Kier molecular flexibility index (Phi) is 6.31. The highest BCUT2D eigenvalue weighted by Gasteiger charge is 2.16. The number of hydrogen-bond donors (Lipinski definition) is 0. The molecule has 0 bridgehead atoms. The summed E-state index contributed by atoms with van der Waals surface area (Å²) in [6, 6.07) is 7.82. The van der Waals surface area contributed by atoms with Crippen LogP contribution in [0.15, 0.2) is 24.3 Å². The van der Waals surface area contributed by atoms with Crippen LogP contribution in [-0.4, -0.2) is 30.8 Å². The molecule has 0 saturated heterocycles. The number of halogens is 1. The maximum atomic E-state index is 11.9. The first-order valence-corrected chi connectivity index (χ1v) is 5.35. The summed E-state index contributed by atoms with van der Waals surface area (Å²) < 4.78 is 0. The summed E-state index contributed by atoms with van der Waals surface area (Å²) in [6.07, 6.45) is 1.01. The van der Waals surface area contributed by atoms with Gasteiger partial charge >= 0.3 is 0 Å². The van der Waals surface area contributed by atoms with Gasteiger partial charge in [0.2, 0.25) is 0 Å². The highest BCUT2D eigenvalue weighted by atomic mass is 35.5. The molecule has 0 radical (unpaired) electrons. The van der Waals surface area contributed by atoms with Crippen LogP contribution in [0.25, 0.3) is 0 Å². The highest BCUT2D eigenvalue weighted by molar-refractivity contribution is 5.99. The number of rotatable bonds is 4. The quantitative estimate of drug-likeness (QED) is 0.756. The third kappa shape index (κ3) is 3.62. The van der Waals surface area contributed by atoms with Crippen molar-refractivity contribution in [3.8, 4) is 0 Å². The van der Waals surface area contributed by atoms with Crippen molar-refractivity contribution in [2.24, 2.45) is 0 Å². The lowest BCUT2D eigenvalue weighted by Crippen LogP contribution is -2.32. The van der Waals surface area contributed by atoms with E-state index in [4.69, 9.17) is 0 Å². The molecule has 0 fully saturated rings. The van der Waals surface area contributed by atoms with Gasteiger partial charge in [0.15, 0.2) is 5.78 Å². The van der Waals surface area contributed by atoms with Crippen LogP contribution in [0.2, 0.25) is 0 Å². The van der Waals surface area contributed by atoms with Crippen molar-refractivity contribution in [3.05, 3.63) is 35.4 Å². The summed E-state index contributed by atoms with van der Waals surface area (Å²) in [4.78, 5) is 13.9. The molecule has 0 aliphatic carbocycles. The van der Waals surface area contributed by atoms with E-state index in [9.17, 15) is 4.79 Å². The molecule has 2 nitrogen and oxygen atoms in total. The Balaban J connectivity index is 0.00000225. The Labute approximate surface area is 104 Å². The third-order valence-electron chi connectivity index (χ3n) is 2.80. The maximum absolute atomic E-state index is 11.9. The highest BCUT2D eigenvalue weighted by Crippen LogP contribution is 2.09. The first kappa shape index (κ1) is 15.1. The molecule has 0 amide bonds. The maximum Gasteiger partial charge on any atom is 0.179 e. The molecule has 0 aromatic heterocycles. The molecule has 0 saturated carbocycles. The van der Waals surface area contributed by atoms with Crippen LogP contribution in [0.1, 0.15) is 29.8 Å². The van der Waals surface area contributed by atoms with Crippen LogP contribution in [0.5, 0.6) is 0 Å². The standard InChI is InChI=1S/C13H19NO.ClH/c1-5-11-6-8-12(9-7-11)13(15)10(2)14(3)4;/h6-10H,5H2,1-4H3;1H. The minimum absolute atomic E-state index is 0. The fourth-order valence-corrected chi connectivity index (χ4v) is 1.38. The third-order valence-corrected chi connectivity index (χ3v) is 2.80. The van der Waals surface area contributed by atoms with Crippen molar-refractivity contribution in [3.63, 3.8) is 0 Å².